The minimum absolute atomic E-state index is 0.138. The molecule has 0 aliphatic heterocycles. The fraction of sp³-hybridized carbons (Fsp3) is 0.143. The van der Waals surface area contributed by atoms with Crippen molar-refractivity contribution >= 4 is 35.3 Å². The fourth-order valence-electron chi connectivity index (χ4n) is 2.41. The first-order chi connectivity index (χ1) is 13.4. The molecule has 1 N–H and O–H groups in total. The third-order valence-electron chi connectivity index (χ3n) is 4.05. The molecule has 28 heavy (non-hydrogen) atoms. The topological polar surface area (TPSA) is 63.8 Å². The zero-order chi connectivity index (χ0) is 20.1. The molecule has 3 rings (SSSR count). The number of amides is 1. The Labute approximate surface area is 172 Å². The normalized spacial score (nSPS) is 11.0. The van der Waals surface area contributed by atoms with Gasteiger partial charge >= 0.3 is 0 Å². The summed E-state index contributed by atoms with van der Waals surface area (Å²) in [5.41, 5.74) is 5.34. The molecule has 1 heterocycles. The van der Waals surface area contributed by atoms with E-state index < -0.39 is 0 Å². The van der Waals surface area contributed by atoms with E-state index in [0.29, 0.717) is 32.9 Å². The SMILES string of the molecule is Cc1ccc(OCC(=O)N/N=C\c2ccc(-c3cc(Cl)ccc3Cl)o2)cc1C. The van der Waals surface area contributed by atoms with Gasteiger partial charge in [-0.2, -0.15) is 5.10 Å². The van der Waals surface area contributed by atoms with Crippen molar-refractivity contribution in [2.24, 2.45) is 5.10 Å². The van der Waals surface area contributed by atoms with E-state index in [2.05, 4.69) is 10.5 Å². The van der Waals surface area contributed by atoms with Gasteiger partial charge in [0.15, 0.2) is 6.61 Å². The van der Waals surface area contributed by atoms with E-state index in [1.165, 1.54) is 11.8 Å². The van der Waals surface area contributed by atoms with Gasteiger partial charge in [-0.15, -0.1) is 0 Å². The van der Waals surface area contributed by atoms with Crippen molar-refractivity contribution in [2.45, 2.75) is 13.8 Å². The summed E-state index contributed by atoms with van der Waals surface area (Å²) in [6.45, 7) is 3.86. The number of hydrazone groups is 1. The number of ether oxygens (including phenoxy) is 1. The maximum Gasteiger partial charge on any atom is 0.277 e. The monoisotopic (exact) mass is 416 g/mol. The van der Waals surface area contributed by atoms with Crippen molar-refractivity contribution in [3.63, 3.8) is 0 Å². The van der Waals surface area contributed by atoms with Crippen LogP contribution in [0.25, 0.3) is 11.3 Å². The van der Waals surface area contributed by atoms with E-state index in [0.717, 1.165) is 5.56 Å². The van der Waals surface area contributed by atoms with Crippen molar-refractivity contribution in [1.82, 2.24) is 5.43 Å². The first kappa shape index (κ1) is 20.0. The highest BCUT2D eigenvalue weighted by molar-refractivity contribution is 6.35. The predicted molar refractivity (Wildman–Crippen MR) is 111 cm³/mol. The summed E-state index contributed by atoms with van der Waals surface area (Å²) in [5, 5.41) is 4.96. The lowest BCUT2D eigenvalue weighted by molar-refractivity contribution is -0.123. The van der Waals surface area contributed by atoms with Crippen LogP contribution in [0.15, 0.2) is 58.0 Å². The lowest BCUT2D eigenvalue weighted by Gasteiger charge is -2.07. The summed E-state index contributed by atoms with van der Waals surface area (Å²) in [6.07, 6.45) is 1.40. The number of benzene rings is 2. The molecule has 144 valence electrons. The molecule has 0 spiro atoms. The molecule has 5 nitrogen and oxygen atoms in total. The van der Waals surface area contributed by atoms with E-state index in [-0.39, 0.29) is 12.5 Å². The van der Waals surface area contributed by atoms with Crippen LogP contribution >= 0.6 is 23.2 Å². The third kappa shape index (κ3) is 5.15. The molecule has 0 fully saturated rings. The summed E-state index contributed by atoms with van der Waals surface area (Å²) >= 11 is 12.2. The molecular formula is C21H18Cl2N2O3. The van der Waals surface area contributed by atoms with Crippen molar-refractivity contribution in [2.75, 3.05) is 6.61 Å². The number of aryl methyl sites for hydroxylation is 2. The van der Waals surface area contributed by atoms with E-state index in [1.807, 2.05) is 32.0 Å². The Kier molecular flexibility index (Phi) is 6.39. The fourth-order valence-corrected chi connectivity index (χ4v) is 2.79. The van der Waals surface area contributed by atoms with Crippen LogP contribution in [0.2, 0.25) is 10.0 Å². The highest BCUT2D eigenvalue weighted by atomic mass is 35.5. The molecular weight excluding hydrogens is 399 g/mol. The van der Waals surface area contributed by atoms with E-state index >= 15 is 0 Å². The van der Waals surface area contributed by atoms with Crippen molar-refractivity contribution < 1.29 is 13.9 Å². The molecule has 0 saturated carbocycles. The number of hydrogen-bond donors (Lipinski definition) is 1. The molecule has 1 amide bonds. The van der Waals surface area contributed by atoms with Crippen LogP contribution in [-0.4, -0.2) is 18.7 Å². The molecule has 1 aromatic heterocycles. The average molecular weight is 417 g/mol. The first-order valence-corrected chi connectivity index (χ1v) is 9.25. The van der Waals surface area contributed by atoms with Crippen LogP contribution in [0.4, 0.5) is 0 Å². The molecule has 7 heteroatoms. The van der Waals surface area contributed by atoms with Gasteiger partial charge in [-0.1, -0.05) is 29.3 Å². The quantitative estimate of drug-likeness (QED) is 0.432. The minimum Gasteiger partial charge on any atom is -0.484 e. The Bertz CT molecular complexity index is 1030. The van der Waals surface area contributed by atoms with Gasteiger partial charge < -0.3 is 9.15 Å². The number of hydrogen-bond acceptors (Lipinski definition) is 4. The molecule has 0 unspecified atom stereocenters. The molecule has 2 aromatic carbocycles. The Morgan fingerprint density at radius 1 is 1.11 bits per heavy atom. The smallest absolute Gasteiger partial charge is 0.277 e. The summed E-state index contributed by atoms with van der Waals surface area (Å²) in [6, 6.07) is 14.2. The Morgan fingerprint density at radius 3 is 2.71 bits per heavy atom. The van der Waals surface area contributed by atoms with Gasteiger partial charge in [-0.3, -0.25) is 4.79 Å². The van der Waals surface area contributed by atoms with Gasteiger partial charge in [-0.05, 0) is 67.4 Å². The van der Waals surface area contributed by atoms with Crippen LogP contribution in [0.3, 0.4) is 0 Å². The van der Waals surface area contributed by atoms with Gasteiger partial charge in [0.2, 0.25) is 0 Å². The van der Waals surface area contributed by atoms with Crippen LogP contribution in [-0.2, 0) is 4.79 Å². The van der Waals surface area contributed by atoms with E-state index in [9.17, 15) is 4.79 Å². The Balaban J connectivity index is 1.54. The maximum absolute atomic E-state index is 11.9. The van der Waals surface area contributed by atoms with E-state index in [4.69, 9.17) is 32.4 Å². The minimum atomic E-state index is -0.376. The number of rotatable bonds is 6. The molecule has 0 saturated heterocycles. The van der Waals surface area contributed by atoms with Gasteiger partial charge in [0.1, 0.15) is 17.3 Å². The second-order valence-corrected chi connectivity index (χ2v) is 7.00. The lowest BCUT2D eigenvalue weighted by atomic mass is 10.1. The number of carbonyl (C=O) groups excluding carboxylic acids is 1. The van der Waals surface area contributed by atoms with Crippen LogP contribution in [0, 0.1) is 13.8 Å². The van der Waals surface area contributed by atoms with Gasteiger partial charge in [0.25, 0.3) is 5.91 Å². The molecule has 0 bridgehead atoms. The highest BCUT2D eigenvalue weighted by Crippen LogP contribution is 2.31. The predicted octanol–water partition coefficient (Wildman–Crippen LogP) is 5.40. The van der Waals surface area contributed by atoms with E-state index in [1.54, 1.807) is 30.3 Å². The van der Waals surface area contributed by atoms with Crippen molar-refractivity contribution in [1.29, 1.82) is 0 Å². The summed E-state index contributed by atoms with van der Waals surface area (Å²) < 4.78 is 11.1. The Hall–Kier alpha value is -2.76. The van der Waals surface area contributed by atoms with Gasteiger partial charge in [0, 0.05) is 10.6 Å². The molecule has 0 aliphatic carbocycles. The van der Waals surface area contributed by atoms with Crippen LogP contribution in [0.1, 0.15) is 16.9 Å². The van der Waals surface area contributed by atoms with Gasteiger partial charge in [-0.25, -0.2) is 5.43 Å². The molecule has 0 aliphatic rings. The molecule has 0 radical (unpaired) electrons. The van der Waals surface area contributed by atoms with Crippen molar-refractivity contribution in [3.05, 3.63) is 75.5 Å². The lowest BCUT2D eigenvalue weighted by Crippen LogP contribution is -2.24. The highest BCUT2D eigenvalue weighted by Gasteiger charge is 2.09. The largest absolute Gasteiger partial charge is 0.484 e. The number of carbonyl (C=O) groups is 1. The zero-order valence-corrected chi connectivity index (χ0v) is 16.8. The van der Waals surface area contributed by atoms with Crippen molar-refractivity contribution in [3.8, 4) is 17.1 Å². The van der Waals surface area contributed by atoms with Crippen LogP contribution in [0.5, 0.6) is 5.75 Å². The summed E-state index contributed by atoms with van der Waals surface area (Å²) in [7, 11) is 0. The standard InChI is InChI=1S/C21H18Cl2N2O3/c1-13-3-5-16(9-14(13)2)27-12-21(26)25-24-11-17-6-8-20(28-17)18-10-15(22)4-7-19(18)23/h3-11H,12H2,1-2H3,(H,25,26)/b24-11-. The first-order valence-electron chi connectivity index (χ1n) is 8.49. The maximum atomic E-state index is 11.9. The second-order valence-electron chi connectivity index (χ2n) is 6.15. The van der Waals surface area contributed by atoms with Crippen LogP contribution < -0.4 is 10.2 Å². The summed E-state index contributed by atoms with van der Waals surface area (Å²) in [5.74, 6) is 1.27. The number of nitrogens with zero attached hydrogens (tertiary/aromatic N) is 1. The average Bonchev–Trinajstić information content (AvgIpc) is 3.13. The van der Waals surface area contributed by atoms with Gasteiger partial charge in [0.05, 0.1) is 11.2 Å². The summed E-state index contributed by atoms with van der Waals surface area (Å²) in [4.78, 5) is 11.9. The molecule has 0 atom stereocenters. The number of halogens is 2. The number of furan rings is 1. The zero-order valence-electron chi connectivity index (χ0n) is 15.3. The number of nitrogens with one attached hydrogen (secondary N) is 1. The second kappa shape index (κ2) is 8.95. The molecule has 3 aromatic rings. The Morgan fingerprint density at radius 2 is 1.93 bits per heavy atom. The third-order valence-corrected chi connectivity index (χ3v) is 4.61.